The Bertz CT molecular complexity index is 268. The highest BCUT2D eigenvalue weighted by Gasteiger charge is 2.05. The van der Waals surface area contributed by atoms with Gasteiger partial charge in [-0.05, 0) is 0 Å². The van der Waals surface area contributed by atoms with E-state index in [1.807, 2.05) is 0 Å². The van der Waals surface area contributed by atoms with E-state index in [0.717, 1.165) is 15.7 Å². The monoisotopic (exact) mass is 159 g/mol. The first-order valence-electron chi connectivity index (χ1n) is 2.48. The molecule has 0 aliphatic carbocycles. The molecule has 1 amide bonds. The van der Waals surface area contributed by atoms with Gasteiger partial charge in [0.1, 0.15) is 0 Å². The van der Waals surface area contributed by atoms with Gasteiger partial charge in [-0.25, -0.2) is 8.42 Å². The van der Waals surface area contributed by atoms with Crippen molar-refractivity contribution in [3.05, 3.63) is 23.2 Å². The van der Waals surface area contributed by atoms with Crippen molar-refractivity contribution in [3.8, 4) is 0 Å². The molecular formula is C5H5NO3S. The fourth-order valence-electron chi connectivity index (χ4n) is 0.476. The Balaban J connectivity index is 2.91. The minimum Gasteiger partial charge on any atom is -0.296 e. The van der Waals surface area contributed by atoms with E-state index in [4.69, 9.17) is 0 Å². The van der Waals surface area contributed by atoms with Crippen LogP contribution in [0.3, 0.4) is 0 Å². The van der Waals surface area contributed by atoms with Gasteiger partial charge < -0.3 is 0 Å². The summed E-state index contributed by atoms with van der Waals surface area (Å²) in [4.78, 5) is 11.1. The van der Waals surface area contributed by atoms with Crippen LogP contribution in [0.2, 0.25) is 0 Å². The number of nitrogens with zero attached hydrogens (tertiary/aromatic N) is 1. The van der Waals surface area contributed by atoms with Crippen molar-refractivity contribution in [1.82, 2.24) is 4.90 Å². The van der Waals surface area contributed by atoms with Crippen molar-refractivity contribution in [1.29, 1.82) is 0 Å². The van der Waals surface area contributed by atoms with Gasteiger partial charge in [0.05, 0.1) is 10.8 Å². The molecule has 0 fully saturated rings. The molecule has 1 aliphatic rings. The Hall–Kier alpha value is -1.10. The smallest absolute Gasteiger partial charge is 0.217 e. The molecule has 0 aromatic rings. The number of carbonyl (C=O) groups is 1. The molecular weight excluding hydrogens is 154 g/mol. The summed E-state index contributed by atoms with van der Waals surface area (Å²) in [7, 11) is -3.19. The maximum absolute atomic E-state index is 10.6. The van der Waals surface area contributed by atoms with Gasteiger partial charge in [0, 0.05) is 12.4 Å². The van der Waals surface area contributed by atoms with Crippen molar-refractivity contribution in [2.24, 2.45) is 0 Å². The lowest BCUT2D eigenvalue weighted by atomic mass is 10.8. The summed E-state index contributed by atoms with van der Waals surface area (Å²) < 4.78 is 21.2. The molecule has 0 aromatic carbocycles. The zero-order valence-electron chi connectivity index (χ0n) is 4.97. The van der Waals surface area contributed by atoms with E-state index in [1.165, 1.54) is 12.4 Å². The molecule has 0 N–H and O–H groups in total. The lowest BCUT2D eigenvalue weighted by Crippen LogP contribution is -2.10. The summed E-state index contributed by atoms with van der Waals surface area (Å²) in [6.45, 7) is 0. The minimum absolute atomic E-state index is 0.516. The highest BCUT2D eigenvalue weighted by atomic mass is 32.2. The zero-order chi connectivity index (χ0) is 7.61. The van der Waals surface area contributed by atoms with Crippen LogP contribution in [-0.4, -0.2) is 19.7 Å². The average Bonchev–Trinajstić information content (AvgIpc) is 1.88. The molecule has 54 valence electrons. The molecule has 0 unspecified atom stereocenters. The van der Waals surface area contributed by atoms with Crippen LogP contribution in [0.5, 0.6) is 0 Å². The highest BCUT2D eigenvalue weighted by molar-refractivity contribution is 7.97. The van der Waals surface area contributed by atoms with E-state index in [9.17, 15) is 13.2 Å². The number of carbonyl (C=O) groups excluding carboxylic acids is 1. The number of sulfone groups is 1. The van der Waals surface area contributed by atoms with E-state index < -0.39 is 9.84 Å². The number of amides is 1. The van der Waals surface area contributed by atoms with Gasteiger partial charge in [-0.1, -0.05) is 0 Å². The van der Waals surface area contributed by atoms with Crippen LogP contribution in [0.25, 0.3) is 0 Å². The minimum atomic E-state index is -3.19. The van der Waals surface area contributed by atoms with Crippen LogP contribution in [0.15, 0.2) is 23.2 Å². The van der Waals surface area contributed by atoms with Gasteiger partial charge in [0.15, 0.2) is 9.84 Å². The Kier molecular flexibility index (Phi) is 1.58. The Morgan fingerprint density at radius 3 is 2.10 bits per heavy atom. The third kappa shape index (κ3) is 1.44. The van der Waals surface area contributed by atoms with E-state index >= 15 is 0 Å². The first-order chi connectivity index (χ1) is 4.64. The maximum Gasteiger partial charge on any atom is 0.217 e. The molecule has 0 bridgehead atoms. The average molecular weight is 159 g/mol. The molecule has 0 radical (unpaired) electrons. The molecule has 5 heteroatoms. The van der Waals surface area contributed by atoms with Gasteiger partial charge in [-0.3, -0.25) is 9.69 Å². The molecule has 1 heterocycles. The molecule has 0 saturated carbocycles. The maximum atomic E-state index is 10.6. The predicted octanol–water partition coefficient (Wildman–Crippen LogP) is -0.184. The summed E-state index contributed by atoms with van der Waals surface area (Å²) >= 11 is 0. The van der Waals surface area contributed by atoms with Crippen LogP contribution in [0.1, 0.15) is 0 Å². The van der Waals surface area contributed by atoms with Gasteiger partial charge in [0.2, 0.25) is 6.41 Å². The summed E-state index contributed by atoms with van der Waals surface area (Å²) in [5.41, 5.74) is 0. The summed E-state index contributed by atoms with van der Waals surface area (Å²) in [6, 6.07) is 0. The second-order valence-electron chi connectivity index (χ2n) is 1.71. The zero-order valence-corrected chi connectivity index (χ0v) is 5.78. The SMILES string of the molecule is O=CN1C=CS(=O)(=O)C=C1. The first-order valence-corrected chi connectivity index (χ1v) is 4.09. The van der Waals surface area contributed by atoms with Crippen LogP contribution in [0.4, 0.5) is 0 Å². The van der Waals surface area contributed by atoms with E-state index in [-0.39, 0.29) is 0 Å². The standard InChI is InChI=1S/C5H5NO3S/c7-5-6-1-3-10(8,9)4-2-6/h1-5H. The highest BCUT2D eigenvalue weighted by Crippen LogP contribution is 2.03. The van der Waals surface area contributed by atoms with Gasteiger partial charge in [-0.15, -0.1) is 0 Å². The van der Waals surface area contributed by atoms with Crippen LogP contribution < -0.4 is 0 Å². The number of hydrogen-bond acceptors (Lipinski definition) is 3. The molecule has 0 spiro atoms. The molecule has 10 heavy (non-hydrogen) atoms. The molecule has 4 nitrogen and oxygen atoms in total. The van der Waals surface area contributed by atoms with Crippen molar-refractivity contribution >= 4 is 16.2 Å². The fourth-order valence-corrected chi connectivity index (χ4v) is 1.19. The van der Waals surface area contributed by atoms with E-state index in [0.29, 0.717) is 6.41 Å². The van der Waals surface area contributed by atoms with Gasteiger partial charge in [-0.2, -0.15) is 0 Å². The van der Waals surface area contributed by atoms with Crippen LogP contribution in [-0.2, 0) is 14.6 Å². The second kappa shape index (κ2) is 2.26. The molecule has 1 rings (SSSR count). The largest absolute Gasteiger partial charge is 0.296 e. The second-order valence-corrected chi connectivity index (χ2v) is 3.43. The van der Waals surface area contributed by atoms with E-state index in [1.54, 1.807) is 0 Å². The lowest BCUT2D eigenvalue weighted by molar-refractivity contribution is -0.114. The molecule has 0 saturated heterocycles. The normalized spacial score (nSPS) is 21.0. The van der Waals surface area contributed by atoms with Crippen molar-refractivity contribution in [2.45, 2.75) is 0 Å². The Morgan fingerprint density at radius 2 is 1.70 bits per heavy atom. The third-order valence-corrected chi connectivity index (χ3v) is 1.97. The van der Waals surface area contributed by atoms with Crippen LogP contribution >= 0.6 is 0 Å². The predicted molar refractivity (Wildman–Crippen MR) is 35.1 cm³/mol. The van der Waals surface area contributed by atoms with Crippen molar-refractivity contribution in [3.63, 3.8) is 0 Å². The molecule has 1 aliphatic heterocycles. The van der Waals surface area contributed by atoms with Gasteiger partial charge in [0.25, 0.3) is 0 Å². The summed E-state index contributed by atoms with van der Waals surface area (Å²) in [5.74, 6) is 0. The summed E-state index contributed by atoms with van der Waals surface area (Å²) in [6.07, 6.45) is 2.88. The lowest BCUT2D eigenvalue weighted by Gasteiger charge is -2.07. The van der Waals surface area contributed by atoms with Crippen LogP contribution in [0, 0.1) is 0 Å². The fraction of sp³-hybridized carbons (Fsp3) is 0. The quantitative estimate of drug-likeness (QED) is 0.498. The Morgan fingerprint density at radius 1 is 1.20 bits per heavy atom. The number of hydrogen-bond donors (Lipinski definition) is 0. The van der Waals surface area contributed by atoms with Crippen molar-refractivity contribution in [2.75, 3.05) is 0 Å². The topological polar surface area (TPSA) is 54.5 Å². The summed E-state index contributed by atoms with van der Waals surface area (Å²) in [5, 5.41) is 1.92. The third-order valence-electron chi connectivity index (χ3n) is 0.967. The molecule has 0 aromatic heterocycles. The number of rotatable bonds is 1. The van der Waals surface area contributed by atoms with E-state index in [2.05, 4.69) is 0 Å². The van der Waals surface area contributed by atoms with Gasteiger partial charge >= 0.3 is 0 Å². The Labute approximate surface area is 58.4 Å². The first kappa shape index (κ1) is 7.01. The van der Waals surface area contributed by atoms with Crippen molar-refractivity contribution < 1.29 is 13.2 Å². The molecule has 0 atom stereocenters.